The van der Waals surface area contributed by atoms with Gasteiger partial charge in [-0.1, -0.05) is 6.07 Å². The van der Waals surface area contributed by atoms with Crippen LogP contribution in [0.25, 0.3) is 0 Å². The summed E-state index contributed by atoms with van der Waals surface area (Å²) in [6.07, 6.45) is 2.02. The highest BCUT2D eigenvalue weighted by molar-refractivity contribution is 5.39. The van der Waals surface area contributed by atoms with E-state index in [2.05, 4.69) is 5.43 Å². The largest absolute Gasteiger partial charge is 0.508 e. The lowest BCUT2D eigenvalue weighted by atomic mass is 10.1. The fourth-order valence-corrected chi connectivity index (χ4v) is 1.78. The molecule has 3 nitrogen and oxygen atoms in total. The van der Waals surface area contributed by atoms with Crippen molar-refractivity contribution >= 4 is 0 Å². The van der Waals surface area contributed by atoms with E-state index in [9.17, 15) is 5.11 Å². The third kappa shape index (κ3) is 1.07. The molecule has 0 saturated heterocycles. The van der Waals surface area contributed by atoms with E-state index in [1.807, 2.05) is 12.1 Å². The zero-order valence-corrected chi connectivity index (χ0v) is 6.75. The number of phenolic OH excluding ortho intramolecular Hbond substituents is 1. The molecule has 0 fully saturated rings. The molecule has 0 radical (unpaired) electrons. The Morgan fingerprint density at radius 3 is 3.08 bits per heavy atom. The molecule has 0 amide bonds. The molecular formula is C9H12N2O. The Morgan fingerprint density at radius 2 is 2.33 bits per heavy atom. The molecule has 0 saturated carbocycles. The molecule has 1 unspecified atom stereocenters. The predicted octanol–water partition coefficient (Wildman–Crippen LogP) is 0.843. The molecule has 3 heteroatoms. The summed E-state index contributed by atoms with van der Waals surface area (Å²) >= 11 is 0. The maximum atomic E-state index is 9.20. The van der Waals surface area contributed by atoms with Gasteiger partial charge >= 0.3 is 0 Å². The number of hydrazine groups is 1. The number of phenols is 1. The van der Waals surface area contributed by atoms with Gasteiger partial charge in [-0.15, -0.1) is 0 Å². The molecule has 0 heterocycles. The van der Waals surface area contributed by atoms with Crippen LogP contribution in [-0.2, 0) is 6.42 Å². The number of aromatic hydroxyl groups is 1. The summed E-state index contributed by atoms with van der Waals surface area (Å²) in [5, 5.41) is 9.20. The van der Waals surface area contributed by atoms with Gasteiger partial charge in [-0.3, -0.25) is 11.3 Å². The minimum absolute atomic E-state index is 0.264. The van der Waals surface area contributed by atoms with Crippen LogP contribution in [0.1, 0.15) is 23.6 Å². The summed E-state index contributed by atoms with van der Waals surface area (Å²) in [7, 11) is 0. The summed E-state index contributed by atoms with van der Waals surface area (Å²) in [6.45, 7) is 0. The Hall–Kier alpha value is -1.06. The molecule has 4 N–H and O–H groups in total. The van der Waals surface area contributed by atoms with Gasteiger partial charge in [0.05, 0.1) is 0 Å². The van der Waals surface area contributed by atoms with Crippen molar-refractivity contribution < 1.29 is 5.11 Å². The summed E-state index contributed by atoms with van der Waals surface area (Å²) in [5.41, 5.74) is 5.18. The Bertz CT molecular complexity index is 299. The molecule has 12 heavy (non-hydrogen) atoms. The first kappa shape index (κ1) is 7.58. The quantitative estimate of drug-likeness (QED) is 0.426. The van der Waals surface area contributed by atoms with Crippen LogP contribution in [0, 0.1) is 0 Å². The molecule has 1 aromatic carbocycles. The molecule has 1 aliphatic rings. The average Bonchev–Trinajstić information content (AvgIpc) is 2.46. The van der Waals surface area contributed by atoms with Gasteiger partial charge < -0.3 is 5.11 Å². The van der Waals surface area contributed by atoms with Crippen LogP contribution < -0.4 is 11.3 Å². The van der Waals surface area contributed by atoms with Gasteiger partial charge in [0.25, 0.3) is 0 Å². The van der Waals surface area contributed by atoms with Gasteiger partial charge in [0, 0.05) is 6.04 Å². The van der Waals surface area contributed by atoms with Crippen molar-refractivity contribution in [2.24, 2.45) is 5.84 Å². The molecule has 1 aliphatic carbocycles. The van der Waals surface area contributed by atoms with Crippen LogP contribution >= 0.6 is 0 Å². The first-order chi connectivity index (χ1) is 5.81. The SMILES string of the molecule is NNC1CCc2cc(O)ccc21. The van der Waals surface area contributed by atoms with E-state index in [1.54, 1.807) is 6.07 Å². The maximum Gasteiger partial charge on any atom is 0.115 e. The Kier molecular flexibility index (Phi) is 1.75. The van der Waals surface area contributed by atoms with Crippen LogP contribution in [-0.4, -0.2) is 5.11 Å². The topological polar surface area (TPSA) is 58.3 Å². The maximum absolute atomic E-state index is 9.20. The van der Waals surface area contributed by atoms with Gasteiger partial charge in [0.1, 0.15) is 5.75 Å². The molecule has 1 atom stereocenters. The number of hydrogen-bond donors (Lipinski definition) is 3. The Balaban J connectivity index is 2.40. The van der Waals surface area contributed by atoms with E-state index in [0.717, 1.165) is 12.8 Å². The second-order valence-corrected chi connectivity index (χ2v) is 3.14. The van der Waals surface area contributed by atoms with Crippen molar-refractivity contribution in [1.82, 2.24) is 5.43 Å². The monoisotopic (exact) mass is 164 g/mol. The zero-order valence-electron chi connectivity index (χ0n) is 6.75. The Morgan fingerprint density at radius 1 is 1.50 bits per heavy atom. The minimum atomic E-state index is 0.264. The van der Waals surface area contributed by atoms with Crippen LogP contribution in [0.15, 0.2) is 18.2 Å². The first-order valence-electron chi connectivity index (χ1n) is 4.09. The average molecular weight is 164 g/mol. The lowest BCUT2D eigenvalue weighted by Crippen LogP contribution is -2.26. The van der Waals surface area contributed by atoms with Crippen LogP contribution in [0.5, 0.6) is 5.75 Å². The van der Waals surface area contributed by atoms with E-state index in [-0.39, 0.29) is 6.04 Å². The zero-order chi connectivity index (χ0) is 8.55. The van der Waals surface area contributed by atoms with Crippen molar-refractivity contribution in [1.29, 1.82) is 0 Å². The molecule has 2 rings (SSSR count). The van der Waals surface area contributed by atoms with Crippen molar-refractivity contribution in [2.45, 2.75) is 18.9 Å². The second kappa shape index (κ2) is 2.77. The van der Waals surface area contributed by atoms with Crippen LogP contribution in [0.2, 0.25) is 0 Å². The van der Waals surface area contributed by atoms with E-state index < -0.39 is 0 Å². The fourth-order valence-electron chi connectivity index (χ4n) is 1.78. The summed E-state index contributed by atoms with van der Waals surface area (Å²) in [6, 6.07) is 5.71. The number of fused-ring (bicyclic) bond motifs is 1. The molecule has 0 bridgehead atoms. The highest BCUT2D eigenvalue weighted by Gasteiger charge is 2.20. The van der Waals surface area contributed by atoms with Crippen molar-refractivity contribution in [2.75, 3.05) is 0 Å². The fraction of sp³-hybridized carbons (Fsp3) is 0.333. The van der Waals surface area contributed by atoms with Gasteiger partial charge in [-0.2, -0.15) is 0 Å². The van der Waals surface area contributed by atoms with Crippen LogP contribution in [0.4, 0.5) is 0 Å². The standard InChI is InChI=1S/C9H12N2O/c10-11-9-4-1-6-5-7(12)2-3-8(6)9/h2-3,5,9,11-12H,1,4,10H2. The molecule has 64 valence electrons. The van der Waals surface area contributed by atoms with E-state index >= 15 is 0 Å². The van der Waals surface area contributed by atoms with E-state index in [0.29, 0.717) is 5.75 Å². The highest BCUT2D eigenvalue weighted by atomic mass is 16.3. The number of nitrogens with two attached hydrogens (primary N) is 1. The van der Waals surface area contributed by atoms with Gasteiger partial charge in [-0.25, -0.2) is 0 Å². The van der Waals surface area contributed by atoms with E-state index in [4.69, 9.17) is 5.84 Å². The number of rotatable bonds is 1. The lowest BCUT2D eigenvalue weighted by Gasteiger charge is -2.08. The van der Waals surface area contributed by atoms with Gasteiger partial charge in [-0.05, 0) is 36.1 Å². The molecule has 0 spiro atoms. The van der Waals surface area contributed by atoms with Crippen molar-refractivity contribution in [3.05, 3.63) is 29.3 Å². The number of benzene rings is 1. The molecular weight excluding hydrogens is 152 g/mol. The molecule has 1 aromatic rings. The van der Waals surface area contributed by atoms with Crippen molar-refractivity contribution in [3.63, 3.8) is 0 Å². The number of hydrogen-bond acceptors (Lipinski definition) is 3. The van der Waals surface area contributed by atoms with Crippen LogP contribution in [0.3, 0.4) is 0 Å². The third-order valence-corrected chi connectivity index (χ3v) is 2.41. The smallest absolute Gasteiger partial charge is 0.115 e. The third-order valence-electron chi connectivity index (χ3n) is 2.41. The summed E-state index contributed by atoms with van der Waals surface area (Å²) < 4.78 is 0. The number of nitrogens with one attached hydrogen (secondary N) is 1. The minimum Gasteiger partial charge on any atom is -0.508 e. The highest BCUT2D eigenvalue weighted by Crippen LogP contribution is 2.32. The summed E-state index contributed by atoms with van der Waals surface area (Å²) in [5.74, 6) is 5.71. The van der Waals surface area contributed by atoms with Gasteiger partial charge in [0.15, 0.2) is 0 Å². The summed E-state index contributed by atoms with van der Waals surface area (Å²) in [4.78, 5) is 0. The van der Waals surface area contributed by atoms with Gasteiger partial charge in [0.2, 0.25) is 0 Å². The predicted molar refractivity (Wildman–Crippen MR) is 46.5 cm³/mol. The lowest BCUT2D eigenvalue weighted by molar-refractivity contribution is 0.474. The second-order valence-electron chi connectivity index (χ2n) is 3.14. The van der Waals surface area contributed by atoms with Crippen molar-refractivity contribution in [3.8, 4) is 5.75 Å². The Labute approximate surface area is 71.2 Å². The normalized spacial score (nSPS) is 20.9. The first-order valence-corrected chi connectivity index (χ1v) is 4.09. The molecule has 0 aromatic heterocycles. The number of aryl methyl sites for hydroxylation is 1. The molecule has 0 aliphatic heterocycles. The van der Waals surface area contributed by atoms with E-state index in [1.165, 1.54) is 11.1 Å².